The monoisotopic (exact) mass is 506 g/mol. The zero-order valence-corrected chi connectivity index (χ0v) is 13.6. The van der Waals surface area contributed by atoms with Crippen molar-refractivity contribution in [2.24, 2.45) is 0 Å². The molecule has 1 rings (SSSR count). The second-order valence-electron chi connectivity index (χ2n) is 2.29. The van der Waals surface area contributed by atoms with E-state index in [0.717, 1.165) is 6.54 Å². The van der Waals surface area contributed by atoms with Crippen molar-refractivity contribution in [3.63, 3.8) is 0 Å². The molecular weight excluding hydrogens is 493 g/mol. The Hall–Kier alpha value is 1.40. The Balaban J connectivity index is 0.000000354. The van der Waals surface area contributed by atoms with Gasteiger partial charge in [-0.2, -0.15) is 0 Å². The summed E-state index contributed by atoms with van der Waals surface area (Å²) in [5.41, 5.74) is 0. The summed E-state index contributed by atoms with van der Waals surface area (Å²) in [4.78, 5) is 3.12. The molecule has 0 aliphatic carbocycles. The third-order valence-corrected chi connectivity index (χ3v) is 1.44. The minimum atomic E-state index is 0.530. The first-order chi connectivity index (χ1) is 5.76. The van der Waals surface area contributed by atoms with Gasteiger partial charge in [0.15, 0.2) is 0 Å². The average Bonchev–Trinajstić information content (AvgIpc) is 2.39. The number of halogens is 3. The van der Waals surface area contributed by atoms with E-state index in [1.165, 1.54) is 12.2 Å². The number of imidazole rings is 1. The number of hydrogen-bond donors (Lipinski definition) is 1. The zero-order chi connectivity index (χ0) is 9.40. The first-order valence-electron chi connectivity index (χ1n) is 3.66. The van der Waals surface area contributed by atoms with Gasteiger partial charge in [0.2, 0.25) is 0 Å². The van der Waals surface area contributed by atoms with E-state index in [9.17, 15) is 0 Å². The zero-order valence-electron chi connectivity index (χ0n) is 7.15. The molecule has 1 N–H and O–H groups in total. The summed E-state index contributed by atoms with van der Waals surface area (Å²) >= 11 is 5.30. The number of hydrogen-bond acceptors (Lipinski definition) is 0. The number of nitrogens with one attached hydrogen (secondary N) is 1. The number of aromatic nitrogens is 2. The van der Waals surface area contributed by atoms with Crippen LogP contribution in [0.5, 0.6) is 0 Å². The molecule has 0 radical (unpaired) electrons. The summed E-state index contributed by atoms with van der Waals surface area (Å²) in [6.07, 6.45) is 5.23. The molecule has 12 heavy (non-hydrogen) atoms. The molecule has 0 aliphatic heterocycles. The third kappa shape index (κ3) is 5.95. The SMILES string of the molecule is CCC[n+]1cc[nH]c1C.I[I-]I. The topological polar surface area (TPSA) is 19.7 Å². The van der Waals surface area contributed by atoms with Crippen molar-refractivity contribution < 1.29 is 17.8 Å². The Labute approximate surface area is 104 Å². The van der Waals surface area contributed by atoms with Crippen LogP contribution in [0.1, 0.15) is 19.2 Å². The summed E-state index contributed by atoms with van der Waals surface area (Å²) in [6.45, 7) is 5.38. The second-order valence-corrected chi connectivity index (χ2v) is 18.5. The van der Waals surface area contributed by atoms with E-state index < -0.39 is 0 Å². The van der Waals surface area contributed by atoms with Crippen LogP contribution in [0.4, 0.5) is 0 Å². The van der Waals surface area contributed by atoms with Gasteiger partial charge in [0.05, 0.1) is 6.54 Å². The molecule has 0 aromatic carbocycles. The molecular formula is C7H13I3N2. The van der Waals surface area contributed by atoms with Crippen LogP contribution in [-0.2, 0) is 6.54 Å². The molecule has 72 valence electrons. The van der Waals surface area contributed by atoms with E-state index in [4.69, 9.17) is 0 Å². The van der Waals surface area contributed by atoms with Crippen molar-refractivity contribution >= 4 is 37.2 Å². The third-order valence-electron chi connectivity index (χ3n) is 1.44. The number of H-pyrrole nitrogens is 1. The van der Waals surface area contributed by atoms with Gasteiger partial charge in [0.25, 0.3) is 5.82 Å². The maximum atomic E-state index is 3.12. The van der Waals surface area contributed by atoms with Gasteiger partial charge in [-0.05, 0) is 6.42 Å². The molecule has 0 bridgehead atoms. The molecule has 1 aromatic heterocycles. The van der Waals surface area contributed by atoms with E-state index >= 15 is 0 Å². The molecule has 2 nitrogen and oxygen atoms in total. The Morgan fingerprint density at radius 2 is 2.17 bits per heavy atom. The molecule has 0 saturated carbocycles. The van der Waals surface area contributed by atoms with Crippen molar-refractivity contribution in [2.75, 3.05) is 0 Å². The van der Waals surface area contributed by atoms with Gasteiger partial charge in [0.1, 0.15) is 12.4 Å². The minimum absolute atomic E-state index is 0.530. The van der Waals surface area contributed by atoms with Gasteiger partial charge in [-0.15, -0.1) is 0 Å². The van der Waals surface area contributed by atoms with Crippen molar-refractivity contribution in [3.05, 3.63) is 18.2 Å². The van der Waals surface area contributed by atoms with Gasteiger partial charge >= 0.3 is 50.5 Å². The molecule has 0 spiro atoms. The molecule has 0 atom stereocenters. The number of aryl methyl sites for hydroxylation is 2. The molecule has 1 heterocycles. The Kier molecular flexibility index (Phi) is 10.0. The quantitative estimate of drug-likeness (QED) is 0.424. The van der Waals surface area contributed by atoms with Crippen LogP contribution in [-0.4, -0.2) is 4.98 Å². The Bertz CT molecular complexity index is 200. The van der Waals surface area contributed by atoms with E-state index in [2.05, 4.69) is 66.8 Å². The fraction of sp³-hybridized carbons (Fsp3) is 0.571. The van der Waals surface area contributed by atoms with Crippen LogP contribution >= 0.6 is 37.2 Å². The standard InChI is InChI=1S/C7H12N2.I3/c1-3-5-9-6-4-8-7(9)2;1-3-2/h4,6H,3,5H2,1-2H3;/q;-1/p+1. The normalized spacial score (nSPS) is 9.33. The molecule has 0 unspecified atom stereocenters. The molecule has 0 aliphatic rings. The average molecular weight is 506 g/mol. The van der Waals surface area contributed by atoms with Crippen LogP contribution < -0.4 is 17.8 Å². The second kappa shape index (κ2) is 8.97. The van der Waals surface area contributed by atoms with Gasteiger partial charge in [0, 0.05) is 6.92 Å². The fourth-order valence-electron chi connectivity index (χ4n) is 0.926. The van der Waals surface area contributed by atoms with Crippen LogP contribution in [0.15, 0.2) is 12.4 Å². The predicted molar refractivity (Wildman–Crippen MR) is 64.1 cm³/mol. The van der Waals surface area contributed by atoms with Crippen LogP contribution in [0.3, 0.4) is 0 Å². The van der Waals surface area contributed by atoms with Gasteiger partial charge in [-0.25, -0.2) is 9.55 Å². The van der Waals surface area contributed by atoms with Crippen LogP contribution in [0, 0.1) is 6.92 Å². The first kappa shape index (κ1) is 13.4. The Morgan fingerprint density at radius 1 is 1.58 bits per heavy atom. The van der Waals surface area contributed by atoms with E-state index in [-0.39, 0.29) is 0 Å². The maximum absolute atomic E-state index is 3.12. The fourth-order valence-corrected chi connectivity index (χ4v) is 0.926. The van der Waals surface area contributed by atoms with Crippen molar-refractivity contribution in [3.8, 4) is 0 Å². The summed E-state index contributed by atoms with van der Waals surface area (Å²) in [5, 5.41) is 0. The number of nitrogens with zero attached hydrogens (tertiary/aromatic N) is 1. The van der Waals surface area contributed by atoms with Gasteiger partial charge < -0.3 is 0 Å². The van der Waals surface area contributed by atoms with Gasteiger partial charge in [-0.3, -0.25) is 0 Å². The Morgan fingerprint density at radius 3 is 2.50 bits per heavy atom. The van der Waals surface area contributed by atoms with Crippen LogP contribution in [0.25, 0.3) is 0 Å². The van der Waals surface area contributed by atoms with E-state index in [1.54, 1.807) is 0 Å². The number of rotatable bonds is 2. The number of aromatic amines is 1. The summed E-state index contributed by atoms with van der Waals surface area (Å²) in [7, 11) is 0. The summed E-state index contributed by atoms with van der Waals surface area (Å²) in [5.74, 6) is 1.23. The molecule has 0 fully saturated rings. The van der Waals surface area contributed by atoms with Crippen molar-refractivity contribution in [1.82, 2.24) is 4.98 Å². The summed E-state index contributed by atoms with van der Waals surface area (Å²) in [6, 6.07) is 0. The molecule has 5 heteroatoms. The predicted octanol–water partition coefficient (Wildman–Crippen LogP) is -0.204. The summed E-state index contributed by atoms with van der Waals surface area (Å²) < 4.78 is 2.21. The van der Waals surface area contributed by atoms with Crippen LogP contribution in [0.2, 0.25) is 0 Å². The molecule has 1 aromatic rings. The van der Waals surface area contributed by atoms with Crippen molar-refractivity contribution in [1.29, 1.82) is 0 Å². The van der Waals surface area contributed by atoms with Crippen molar-refractivity contribution in [2.45, 2.75) is 26.8 Å². The van der Waals surface area contributed by atoms with E-state index in [0.29, 0.717) is 13.3 Å². The van der Waals surface area contributed by atoms with E-state index in [1.807, 2.05) is 6.20 Å². The van der Waals surface area contributed by atoms with Gasteiger partial charge in [-0.1, -0.05) is 6.92 Å². The first-order valence-corrected chi connectivity index (χ1v) is 16.2. The molecule has 0 saturated heterocycles. The molecule has 0 amide bonds.